The summed E-state index contributed by atoms with van der Waals surface area (Å²) in [7, 11) is 0. The molecule has 6 heteroatoms. The maximum atomic E-state index is 9.43. The number of carboxylic acid groups (broad SMARTS) is 2. The van der Waals surface area contributed by atoms with Gasteiger partial charge in [-0.3, -0.25) is 9.59 Å². The number of carboxylic acids is 2. The van der Waals surface area contributed by atoms with Gasteiger partial charge in [0.05, 0.1) is 0 Å². The first kappa shape index (κ1) is 32.8. The third-order valence-corrected chi connectivity index (χ3v) is 4.81. The summed E-state index contributed by atoms with van der Waals surface area (Å²) in [5, 5.41) is 16.8. The molecule has 0 spiro atoms. The Morgan fingerprint density at radius 3 is 1.41 bits per heavy atom. The molecular formula is C21H42KLiO4. The van der Waals surface area contributed by atoms with Crippen molar-refractivity contribution in [3.8, 4) is 0 Å². The van der Waals surface area contributed by atoms with Crippen LogP contribution in [0.15, 0.2) is 0 Å². The van der Waals surface area contributed by atoms with Gasteiger partial charge in [0.2, 0.25) is 0 Å². The predicted molar refractivity (Wildman–Crippen MR) is 117 cm³/mol. The number of rotatable bonds is 17. The van der Waals surface area contributed by atoms with Crippen LogP contribution in [0.3, 0.4) is 0 Å². The van der Waals surface area contributed by atoms with Crippen molar-refractivity contribution < 1.29 is 19.8 Å². The zero-order valence-corrected chi connectivity index (χ0v) is 17.6. The van der Waals surface area contributed by atoms with Crippen molar-refractivity contribution in [2.45, 2.75) is 115 Å². The quantitative estimate of drug-likeness (QED) is 0.188. The van der Waals surface area contributed by atoms with E-state index in [1.54, 1.807) is 0 Å². The third kappa shape index (κ3) is 32.1. The average Bonchev–Trinajstić information content (AvgIpc) is 2.58. The average molecular weight is 405 g/mol. The van der Waals surface area contributed by atoms with E-state index in [0.717, 1.165) is 5.92 Å². The van der Waals surface area contributed by atoms with Gasteiger partial charge in [0.1, 0.15) is 6.42 Å². The fourth-order valence-electron chi connectivity index (χ4n) is 3.10. The number of carbonyl (C=O) groups is 2. The van der Waals surface area contributed by atoms with Crippen molar-refractivity contribution in [2.75, 3.05) is 0 Å². The molecule has 0 rings (SSSR count). The van der Waals surface area contributed by atoms with Crippen LogP contribution in [-0.4, -0.2) is 91.3 Å². The van der Waals surface area contributed by atoms with E-state index in [9.17, 15) is 9.59 Å². The van der Waals surface area contributed by atoms with Gasteiger partial charge in [0.25, 0.3) is 0 Å². The fourth-order valence-corrected chi connectivity index (χ4v) is 3.10. The molecule has 0 aliphatic carbocycles. The zero-order chi connectivity index (χ0) is 20.0. The summed E-state index contributed by atoms with van der Waals surface area (Å²) in [6, 6.07) is 0. The molecule has 0 bridgehead atoms. The molecular weight excluding hydrogens is 362 g/mol. The van der Waals surface area contributed by atoms with Crippen LogP contribution in [0.2, 0.25) is 5.09 Å². The predicted octanol–water partition coefficient (Wildman–Crippen LogP) is 5.59. The van der Waals surface area contributed by atoms with E-state index >= 15 is 0 Å². The molecule has 0 amide bonds. The summed E-state index contributed by atoms with van der Waals surface area (Å²) < 4.78 is 0. The Morgan fingerprint density at radius 1 is 0.704 bits per heavy atom. The van der Waals surface area contributed by atoms with Gasteiger partial charge in [-0.05, 0) is 0 Å². The van der Waals surface area contributed by atoms with Gasteiger partial charge in [-0.15, -0.1) is 0 Å². The number of aliphatic carboxylic acids is 2. The van der Waals surface area contributed by atoms with Gasteiger partial charge < -0.3 is 10.2 Å². The van der Waals surface area contributed by atoms with Crippen molar-refractivity contribution in [2.24, 2.45) is 5.92 Å². The van der Waals surface area contributed by atoms with Crippen LogP contribution in [0.4, 0.5) is 0 Å². The summed E-state index contributed by atoms with van der Waals surface area (Å²) in [6.07, 6.45) is 19.6. The first-order valence-corrected chi connectivity index (χ1v) is 10.9. The molecule has 0 heterocycles. The normalized spacial score (nSPS) is 11.1. The van der Waals surface area contributed by atoms with Gasteiger partial charge in [0.15, 0.2) is 0 Å². The maximum absolute atomic E-state index is 9.43. The summed E-state index contributed by atoms with van der Waals surface area (Å²) in [6.45, 7) is 4.61. The second kappa shape index (κ2) is 27.2. The standard InChI is InChI=1S/C18H37.C3H4O4.K.Li.H/c1-4-6-8-9-10-11-12-13-14-15-17-18(3)16-7-5-2;4-2(5)1-3(6)7;;;/h18H,3-17H2,1-2H3;1H2,(H,4,5)(H,6,7);;;. The van der Waals surface area contributed by atoms with Gasteiger partial charge in [0, 0.05) is 0 Å². The molecule has 1 atom stereocenters. The van der Waals surface area contributed by atoms with E-state index in [4.69, 9.17) is 10.2 Å². The number of hydrogen-bond acceptors (Lipinski definition) is 2. The molecule has 0 radical (unpaired) electrons. The van der Waals surface area contributed by atoms with Crippen LogP contribution in [-0.2, 0) is 9.59 Å². The minimum Gasteiger partial charge on any atom is -0.0654 e. The number of unbranched alkanes of at least 4 members (excludes halogenated alkanes) is 10. The molecule has 0 aliphatic rings. The Balaban J connectivity index is -0.000000612. The molecule has 0 saturated carbocycles. The molecule has 0 aliphatic heterocycles. The van der Waals surface area contributed by atoms with Gasteiger partial charge in [-0.2, -0.15) is 0 Å². The minimum absolute atomic E-state index is 0. The van der Waals surface area contributed by atoms with Crippen LogP contribution in [0.5, 0.6) is 0 Å². The monoisotopic (exact) mass is 404 g/mol. The second-order valence-electron chi connectivity index (χ2n) is 7.35. The van der Waals surface area contributed by atoms with Crippen molar-refractivity contribution >= 4 is 81.0 Å². The summed E-state index contributed by atoms with van der Waals surface area (Å²) in [5.74, 6) is -1.60. The molecule has 0 fully saturated rings. The molecule has 0 aromatic carbocycles. The third-order valence-electron chi connectivity index (χ3n) is 4.81. The Kier molecular flexibility index (Phi) is 33.0. The van der Waals surface area contributed by atoms with E-state index in [-0.39, 0.29) is 51.4 Å². The fraction of sp³-hybridized carbons (Fsp3) is 0.905. The van der Waals surface area contributed by atoms with E-state index in [0.29, 0.717) is 0 Å². The van der Waals surface area contributed by atoms with E-state index in [2.05, 4.69) is 31.6 Å². The van der Waals surface area contributed by atoms with Gasteiger partial charge in [-0.1, -0.05) is 13.3 Å². The summed E-state index contributed by atoms with van der Waals surface area (Å²) in [4.78, 5) is 18.9. The van der Waals surface area contributed by atoms with Crippen LogP contribution in [0.25, 0.3) is 0 Å². The van der Waals surface area contributed by atoms with Crippen LogP contribution in [0, 0.1) is 5.92 Å². The smallest absolute Gasteiger partial charge is 0.0654 e. The molecule has 0 saturated heterocycles. The summed E-state index contributed by atoms with van der Waals surface area (Å²) in [5.41, 5.74) is 0. The molecule has 2 N–H and O–H groups in total. The van der Waals surface area contributed by atoms with Crippen LogP contribution >= 0.6 is 0 Å². The van der Waals surface area contributed by atoms with E-state index in [1.165, 1.54) is 95.0 Å². The first-order chi connectivity index (χ1) is 12.5. The summed E-state index contributed by atoms with van der Waals surface area (Å²) >= 11 is 2.37. The van der Waals surface area contributed by atoms with Crippen molar-refractivity contribution in [3.05, 3.63) is 0 Å². The van der Waals surface area contributed by atoms with Gasteiger partial charge in [-0.25, -0.2) is 0 Å². The molecule has 0 aromatic rings. The van der Waals surface area contributed by atoms with E-state index < -0.39 is 18.4 Å². The Labute approximate surface area is 219 Å². The minimum atomic E-state index is -1.31. The van der Waals surface area contributed by atoms with Crippen molar-refractivity contribution in [3.63, 3.8) is 0 Å². The molecule has 4 nitrogen and oxygen atoms in total. The SMILES string of the molecule is O=C(O)CC(=O)O.[KH].[Li][CH2]C(CCCC)CCCCCCCCCCCC. The Bertz CT molecular complexity index is 315. The number of hydrogen-bond donors (Lipinski definition) is 2. The van der Waals surface area contributed by atoms with E-state index in [1.807, 2.05) is 0 Å². The zero-order valence-electron chi connectivity index (χ0n) is 17.6. The Hall–Kier alpha value is 1.17. The van der Waals surface area contributed by atoms with Crippen molar-refractivity contribution in [1.29, 1.82) is 0 Å². The molecule has 152 valence electrons. The first-order valence-electron chi connectivity index (χ1n) is 10.9. The molecule has 27 heavy (non-hydrogen) atoms. The molecule has 0 aromatic heterocycles. The molecule has 1 unspecified atom stereocenters. The van der Waals surface area contributed by atoms with Crippen LogP contribution < -0.4 is 0 Å². The Morgan fingerprint density at radius 2 is 1.07 bits per heavy atom. The van der Waals surface area contributed by atoms with Crippen LogP contribution in [0.1, 0.15) is 110 Å². The van der Waals surface area contributed by atoms with Gasteiger partial charge >= 0.3 is 182 Å². The second-order valence-corrected chi connectivity index (χ2v) is 7.35. The van der Waals surface area contributed by atoms with Crippen molar-refractivity contribution in [1.82, 2.24) is 0 Å². The topological polar surface area (TPSA) is 74.6 Å².